The van der Waals surface area contributed by atoms with Gasteiger partial charge in [0.1, 0.15) is 12.4 Å². The van der Waals surface area contributed by atoms with Crippen molar-refractivity contribution in [2.24, 2.45) is 12.2 Å². The minimum absolute atomic E-state index is 0.208. The van der Waals surface area contributed by atoms with Gasteiger partial charge in [0.25, 0.3) is 0 Å². The number of aromatic nitrogens is 4. The number of nitrogens with zero attached hydrogens (tertiary/aromatic N) is 5. The van der Waals surface area contributed by atoms with E-state index in [-0.39, 0.29) is 11.5 Å². The van der Waals surface area contributed by atoms with Crippen LogP contribution >= 0.6 is 0 Å². The Morgan fingerprint density at radius 3 is 2.74 bits per heavy atom. The third-order valence-electron chi connectivity index (χ3n) is 4.15. The van der Waals surface area contributed by atoms with Crippen LogP contribution in [0, 0.1) is 12.7 Å². The molecule has 0 fully saturated rings. The summed E-state index contributed by atoms with van der Waals surface area (Å²) in [6.07, 6.45) is 2.77. The molecule has 2 aromatic carbocycles. The summed E-state index contributed by atoms with van der Waals surface area (Å²) < 4.78 is 15.9. The zero-order chi connectivity index (χ0) is 19.2. The van der Waals surface area contributed by atoms with Gasteiger partial charge in [-0.1, -0.05) is 35.5 Å². The number of halogens is 1. The highest BCUT2D eigenvalue weighted by Crippen LogP contribution is 2.14. The second-order valence-electron chi connectivity index (χ2n) is 6.07. The third kappa shape index (κ3) is 4.28. The number of oxime groups is 1. The summed E-state index contributed by atoms with van der Waals surface area (Å²) in [6.45, 7) is 2.27. The molecule has 0 unspecified atom stereocenters. The standard InChI is InChI=1S/C19H20FN5O2/c1-14-7-5-11-18(25-19(26)24(2)22-23-25)16(14)13-21-27-12-6-9-15-8-3-4-10-17(15)20/h3-5,7-8,10-11,13H,6,9,12H2,1-2H3. The largest absolute Gasteiger partial charge is 0.396 e. The number of benzene rings is 2. The van der Waals surface area contributed by atoms with E-state index in [0.717, 1.165) is 10.2 Å². The van der Waals surface area contributed by atoms with Crippen LogP contribution in [-0.2, 0) is 18.3 Å². The molecule has 0 atom stereocenters. The van der Waals surface area contributed by atoms with Gasteiger partial charge >= 0.3 is 5.69 Å². The van der Waals surface area contributed by atoms with Crippen LogP contribution in [0.2, 0.25) is 0 Å². The molecule has 0 saturated heterocycles. The van der Waals surface area contributed by atoms with E-state index in [4.69, 9.17) is 4.84 Å². The van der Waals surface area contributed by atoms with Crippen molar-refractivity contribution < 1.29 is 9.23 Å². The van der Waals surface area contributed by atoms with E-state index in [1.165, 1.54) is 17.8 Å². The Labute approximate surface area is 155 Å². The predicted molar refractivity (Wildman–Crippen MR) is 99.6 cm³/mol. The summed E-state index contributed by atoms with van der Waals surface area (Å²) in [7, 11) is 1.54. The van der Waals surface area contributed by atoms with Crippen molar-refractivity contribution in [1.29, 1.82) is 0 Å². The first-order valence-electron chi connectivity index (χ1n) is 8.55. The Morgan fingerprint density at radius 1 is 1.19 bits per heavy atom. The van der Waals surface area contributed by atoms with Gasteiger partial charge in [-0.3, -0.25) is 0 Å². The highest BCUT2D eigenvalue weighted by molar-refractivity contribution is 5.86. The molecular weight excluding hydrogens is 349 g/mol. The molecule has 3 rings (SSSR count). The van der Waals surface area contributed by atoms with Crippen molar-refractivity contribution in [2.45, 2.75) is 19.8 Å². The number of rotatable bonds is 7. The molecule has 0 spiro atoms. The zero-order valence-electron chi connectivity index (χ0n) is 15.2. The summed E-state index contributed by atoms with van der Waals surface area (Å²) >= 11 is 0. The van der Waals surface area contributed by atoms with Crippen molar-refractivity contribution >= 4 is 6.21 Å². The number of hydrogen-bond acceptors (Lipinski definition) is 5. The number of tetrazole rings is 1. The SMILES string of the molecule is Cc1cccc(-n2nnn(C)c2=O)c1C=NOCCCc1ccccc1F. The molecule has 140 valence electrons. The molecule has 0 radical (unpaired) electrons. The lowest BCUT2D eigenvalue weighted by atomic mass is 10.1. The van der Waals surface area contributed by atoms with Crippen LogP contribution in [0.25, 0.3) is 5.69 Å². The third-order valence-corrected chi connectivity index (χ3v) is 4.15. The summed E-state index contributed by atoms with van der Waals surface area (Å²) in [5.74, 6) is -0.208. The normalized spacial score (nSPS) is 11.2. The van der Waals surface area contributed by atoms with Crippen LogP contribution in [0.5, 0.6) is 0 Å². The highest BCUT2D eigenvalue weighted by atomic mass is 19.1. The molecule has 8 heteroatoms. The Balaban J connectivity index is 1.64. The van der Waals surface area contributed by atoms with E-state index in [2.05, 4.69) is 15.6 Å². The molecule has 0 aliphatic carbocycles. The van der Waals surface area contributed by atoms with Gasteiger partial charge in [-0.25, -0.2) is 9.18 Å². The monoisotopic (exact) mass is 369 g/mol. The van der Waals surface area contributed by atoms with Crippen molar-refractivity contribution in [2.75, 3.05) is 6.61 Å². The average Bonchev–Trinajstić information content (AvgIpc) is 2.99. The maximum atomic E-state index is 13.6. The van der Waals surface area contributed by atoms with Gasteiger partial charge in [0.2, 0.25) is 0 Å². The molecule has 3 aromatic rings. The van der Waals surface area contributed by atoms with Gasteiger partial charge in [-0.05, 0) is 53.5 Å². The minimum atomic E-state index is -0.346. The Kier molecular flexibility index (Phi) is 5.75. The Hall–Kier alpha value is -3.29. The fourth-order valence-corrected chi connectivity index (χ4v) is 2.65. The van der Waals surface area contributed by atoms with E-state index in [0.29, 0.717) is 36.3 Å². The van der Waals surface area contributed by atoms with Gasteiger partial charge in [0, 0.05) is 12.6 Å². The van der Waals surface area contributed by atoms with E-state index >= 15 is 0 Å². The van der Waals surface area contributed by atoms with E-state index in [1.54, 1.807) is 24.4 Å². The lowest BCUT2D eigenvalue weighted by Gasteiger charge is -2.07. The molecule has 1 heterocycles. The molecule has 0 aliphatic heterocycles. The van der Waals surface area contributed by atoms with Crippen LogP contribution in [0.3, 0.4) is 0 Å². The summed E-state index contributed by atoms with van der Waals surface area (Å²) in [6, 6.07) is 12.2. The van der Waals surface area contributed by atoms with Gasteiger partial charge in [0.05, 0.1) is 11.9 Å². The van der Waals surface area contributed by atoms with Crippen LogP contribution in [0.4, 0.5) is 4.39 Å². The Bertz CT molecular complexity index is 1010. The first-order valence-corrected chi connectivity index (χ1v) is 8.55. The zero-order valence-corrected chi connectivity index (χ0v) is 15.2. The lowest BCUT2D eigenvalue weighted by Crippen LogP contribution is -2.23. The second-order valence-corrected chi connectivity index (χ2v) is 6.07. The molecule has 27 heavy (non-hydrogen) atoms. The molecule has 0 amide bonds. The van der Waals surface area contributed by atoms with Crippen molar-refractivity contribution in [1.82, 2.24) is 19.8 Å². The average molecular weight is 369 g/mol. The molecule has 7 nitrogen and oxygen atoms in total. The fraction of sp³-hybridized carbons (Fsp3) is 0.263. The molecule has 0 N–H and O–H groups in total. The van der Waals surface area contributed by atoms with E-state index < -0.39 is 0 Å². The molecular formula is C19H20FN5O2. The second kappa shape index (κ2) is 8.39. The van der Waals surface area contributed by atoms with Crippen molar-refractivity contribution in [3.63, 3.8) is 0 Å². The summed E-state index contributed by atoms with van der Waals surface area (Å²) in [5, 5.41) is 11.6. The Morgan fingerprint density at radius 2 is 2.00 bits per heavy atom. The fourth-order valence-electron chi connectivity index (χ4n) is 2.65. The highest BCUT2D eigenvalue weighted by Gasteiger charge is 2.11. The van der Waals surface area contributed by atoms with Crippen LogP contribution in [0.15, 0.2) is 52.4 Å². The van der Waals surface area contributed by atoms with Crippen LogP contribution < -0.4 is 5.69 Å². The summed E-state index contributed by atoms with van der Waals surface area (Å²) in [5.41, 5.74) is 2.53. The van der Waals surface area contributed by atoms with E-state index in [1.807, 2.05) is 25.1 Å². The predicted octanol–water partition coefficient (Wildman–Crippen LogP) is 2.40. The molecule has 0 aliphatic rings. The molecule has 1 aromatic heterocycles. The maximum absolute atomic E-state index is 13.6. The van der Waals surface area contributed by atoms with Gasteiger partial charge < -0.3 is 4.84 Å². The number of hydrogen-bond donors (Lipinski definition) is 0. The van der Waals surface area contributed by atoms with Gasteiger partial charge in [0.15, 0.2) is 0 Å². The molecule has 0 bridgehead atoms. The van der Waals surface area contributed by atoms with Gasteiger partial charge in [-0.15, -0.1) is 0 Å². The van der Waals surface area contributed by atoms with Crippen LogP contribution in [-0.4, -0.2) is 32.6 Å². The molecule has 0 saturated carbocycles. The lowest BCUT2D eigenvalue weighted by molar-refractivity contribution is 0.143. The maximum Gasteiger partial charge on any atom is 0.368 e. The minimum Gasteiger partial charge on any atom is -0.396 e. The van der Waals surface area contributed by atoms with Gasteiger partial charge in [-0.2, -0.15) is 9.36 Å². The first kappa shape index (κ1) is 18.5. The number of aryl methyl sites for hydroxylation is 3. The van der Waals surface area contributed by atoms with Crippen molar-refractivity contribution in [3.05, 3.63) is 75.5 Å². The van der Waals surface area contributed by atoms with E-state index in [9.17, 15) is 9.18 Å². The quantitative estimate of drug-likeness (QED) is 0.364. The van der Waals surface area contributed by atoms with Crippen LogP contribution in [0.1, 0.15) is 23.1 Å². The summed E-state index contributed by atoms with van der Waals surface area (Å²) in [4.78, 5) is 17.4. The topological polar surface area (TPSA) is 74.3 Å². The van der Waals surface area contributed by atoms with Crippen molar-refractivity contribution in [3.8, 4) is 5.69 Å². The first-order chi connectivity index (χ1) is 13.1. The smallest absolute Gasteiger partial charge is 0.368 e.